The molecule has 1 aliphatic heterocycles. The minimum Gasteiger partial charge on any atom is -0.462 e. The molecule has 0 N–H and O–H groups in total. The van der Waals surface area contributed by atoms with Crippen molar-refractivity contribution in [2.24, 2.45) is 28.6 Å². The molecular weight excluding hydrogens is 340 g/mol. The Labute approximate surface area is 162 Å². The molecule has 4 nitrogen and oxygen atoms in total. The van der Waals surface area contributed by atoms with Crippen LogP contribution >= 0.6 is 0 Å². The van der Waals surface area contributed by atoms with Crippen LogP contribution in [0, 0.1) is 28.6 Å². The van der Waals surface area contributed by atoms with E-state index >= 15 is 0 Å². The van der Waals surface area contributed by atoms with Crippen LogP contribution in [0.25, 0.3) is 0 Å². The van der Waals surface area contributed by atoms with Crippen molar-refractivity contribution in [3.63, 3.8) is 0 Å². The molecule has 27 heavy (non-hydrogen) atoms. The Morgan fingerprint density at radius 1 is 1.15 bits per heavy atom. The molecule has 3 saturated carbocycles. The van der Waals surface area contributed by atoms with Crippen molar-refractivity contribution >= 4 is 11.8 Å². The predicted molar refractivity (Wildman–Crippen MR) is 101 cm³/mol. The van der Waals surface area contributed by atoms with Gasteiger partial charge in [-0.1, -0.05) is 25.5 Å². The van der Waals surface area contributed by atoms with Crippen LogP contribution < -0.4 is 0 Å². The van der Waals surface area contributed by atoms with Gasteiger partial charge in [0, 0.05) is 18.8 Å². The summed E-state index contributed by atoms with van der Waals surface area (Å²) in [7, 11) is 0. The lowest BCUT2D eigenvalue weighted by atomic mass is 9.48. The first kappa shape index (κ1) is 17.9. The SMILES string of the molecule is CC(=O)O[C@H]1CC[C@@]2(C)C(=CC[C@@H]3[C@H]4C[C@]5(C(C)=O)O[C@H]5[C@@]4(C)CC[C@H]32)C1. The quantitative estimate of drug-likeness (QED) is 0.414. The fraction of sp³-hybridized carbons (Fsp3) is 0.826. The summed E-state index contributed by atoms with van der Waals surface area (Å²) >= 11 is 0. The Bertz CT molecular complexity index is 741. The van der Waals surface area contributed by atoms with Gasteiger partial charge in [0.1, 0.15) is 12.2 Å². The van der Waals surface area contributed by atoms with Gasteiger partial charge in [-0.25, -0.2) is 0 Å². The summed E-state index contributed by atoms with van der Waals surface area (Å²) in [5.41, 5.74) is 1.47. The van der Waals surface area contributed by atoms with E-state index in [2.05, 4.69) is 19.9 Å². The summed E-state index contributed by atoms with van der Waals surface area (Å²) in [5, 5.41) is 0. The third-order valence-corrected chi connectivity index (χ3v) is 9.24. The zero-order valence-electron chi connectivity index (χ0n) is 17.0. The Balaban J connectivity index is 1.42. The number of allylic oxidation sites excluding steroid dienone is 1. The smallest absolute Gasteiger partial charge is 0.302 e. The molecule has 4 fully saturated rings. The molecule has 0 radical (unpaired) electrons. The molecule has 0 aromatic heterocycles. The molecule has 1 saturated heterocycles. The summed E-state index contributed by atoms with van der Waals surface area (Å²) in [6.07, 6.45) is 10.1. The van der Waals surface area contributed by atoms with Crippen LogP contribution in [0.2, 0.25) is 0 Å². The number of Topliss-reactive ketones (excluding diaryl/α,β-unsaturated/α-hetero) is 1. The number of rotatable bonds is 2. The summed E-state index contributed by atoms with van der Waals surface area (Å²) in [6, 6.07) is 0. The fourth-order valence-electron chi connectivity index (χ4n) is 7.76. The monoisotopic (exact) mass is 372 g/mol. The lowest BCUT2D eigenvalue weighted by Crippen LogP contribution is -2.51. The van der Waals surface area contributed by atoms with Gasteiger partial charge in [0.05, 0.1) is 0 Å². The van der Waals surface area contributed by atoms with E-state index in [0.29, 0.717) is 17.8 Å². The number of carbonyl (C=O) groups excluding carboxylic acids is 2. The molecule has 8 atom stereocenters. The summed E-state index contributed by atoms with van der Waals surface area (Å²) < 4.78 is 11.6. The third kappa shape index (κ3) is 2.25. The van der Waals surface area contributed by atoms with E-state index in [9.17, 15) is 9.59 Å². The molecule has 0 bridgehead atoms. The standard InChI is InChI=1S/C23H32O4/c1-13(24)23-12-19-17-6-5-15-11-16(26-14(2)25)7-9-21(15,3)18(17)8-10-22(19,4)20(23)27-23/h5,16-20H,6-12H2,1-4H3/t16-,17-,18+,19+,20-,21-,22-,23+/m0/s1. The molecule has 0 aromatic rings. The molecule has 0 aromatic carbocycles. The first-order chi connectivity index (χ1) is 12.7. The Kier molecular flexibility index (Phi) is 3.62. The first-order valence-electron chi connectivity index (χ1n) is 10.8. The Morgan fingerprint density at radius 3 is 2.63 bits per heavy atom. The number of ether oxygens (including phenoxy) is 2. The topological polar surface area (TPSA) is 55.9 Å². The minimum atomic E-state index is -0.452. The van der Waals surface area contributed by atoms with Crippen molar-refractivity contribution in [2.45, 2.75) is 90.4 Å². The second-order valence-electron chi connectivity index (χ2n) is 10.4. The van der Waals surface area contributed by atoms with E-state index in [4.69, 9.17) is 9.47 Å². The van der Waals surface area contributed by atoms with Crippen molar-refractivity contribution in [3.05, 3.63) is 11.6 Å². The second-order valence-corrected chi connectivity index (χ2v) is 10.4. The van der Waals surface area contributed by atoms with E-state index < -0.39 is 5.60 Å². The van der Waals surface area contributed by atoms with E-state index in [-0.39, 0.29) is 34.8 Å². The largest absolute Gasteiger partial charge is 0.462 e. The Morgan fingerprint density at radius 2 is 1.93 bits per heavy atom. The molecule has 5 rings (SSSR count). The fourth-order valence-corrected chi connectivity index (χ4v) is 7.76. The van der Waals surface area contributed by atoms with Gasteiger partial charge in [0.15, 0.2) is 11.4 Å². The van der Waals surface area contributed by atoms with Gasteiger partial charge < -0.3 is 9.47 Å². The van der Waals surface area contributed by atoms with Crippen LogP contribution in [0.4, 0.5) is 0 Å². The van der Waals surface area contributed by atoms with E-state index in [0.717, 1.165) is 32.1 Å². The summed E-state index contributed by atoms with van der Waals surface area (Å²) in [4.78, 5) is 23.7. The minimum absolute atomic E-state index is 0.0562. The highest BCUT2D eigenvalue weighted by Gasteiger charge is 2.77. The van der Waals surface area contributed by atoms with Gasteiger partial charge in [-0.15, -0.1) is 0 Å². The predicted octanol–water partition coefficient (Wildman–Crippen LogP) is 4.22. The van der Waals surface area contributed by atoms with Crippen molar-refractivity contribution < 1.29 is 19.1 Å². The number of ketones is 1. The van der Waals surface area contributed by atoms with Crippen LogP contribution in [-0.2, 0) is 19.1 Å². The molecule has 148 valence electrons. The first-order valence-corrected chi connectivity index (χ1v) is 10.8. The van der Waals surface area contributed by atoms with Gasteiger partial charge >= 0.3 is 5.97 Å². The van der Waals surface area contributed by atoms with Crippen molar-refractivity contribution in [1.82, 2.24) is 0 Å². The number of hydrogen-bond donors (Lipinski definition) is 0. The maximum atomic E-state index is 12.3. The number of hydrogen-bond acceptors (Lipinski definition) is 4. The molecule has 4 heteroatoms. The van der Waals surface area contributed by atoms with Gasteiger partial charge in [-0.05, 0) is 68.6 Å². The third-order valence-electron chi connectivity index (χ3n) is 9.24. The van der Waals surface area contributed by atoms with Gasteiger partial charge in [0.2, 0.25) is 0 Å². The molecule has 0 amide bonds. The number of fused-ring (bicyclic) bond motifs is 7. The van der Waals surface area contributed by atoms with Crippen molar-refractivity contribution in [2.75, 3.05) is 0 Å². The van der Waals surface area contributed by atoms with Crippen LogP contribution in [0.3, 0.4) is 0 Å². The molecule has 0 unspecified atom stereocenters. The maximum Gasteiger partial charge on any atom is 0.302 e. The molecule has 0 spiro atoms. The highest BCUT2D eigenvalue weighted by Crippen LogP contribution is 2.72. The molecule has 4 aliphatic carbocycles. The highest BCUT2D eigenvalue weighted by atomic mass is 16.6. The summed E-state index contributed by atoms with van der Waals surface area (Å²) in [5.74, 6) is 2.02. The Hall–Kier alpha value is -1.16. The molecule has 1 heterocycles. The molecule has 5 aliphatic rings. The van der Waals surface area contributed by atoms with Crippen LogP contribution in [-0.4, -0.2) is 29.6 Å². The van der Waals surface area contributed by atoms with Crippen LogP contribution in [0.15, 0.2) is 11.6 Å². The van der Waals surface area contributed by atoms with Crippen LogP contribution in [0.5, 0.6) is 0 Å². The number of epoxide rings is 1. The van der Waals surface area contributed by atoms with Crippen molar-refractivity contribution in [1.29, 1.82) is 0 Å². The lowest BCUT2D eigenvalue weighted by molar-refractivity contribution is -0.148. The van der Waals surface area contributed by atoms with Gasteiger partial charge in [0.25, 0.3) is 0 Å². The second kappa shape index (κ2) is 5.46. The molecular formula is C23H32O4. The van der Waals surface area contributed by atoms with E-state index in [1.54, 1.807) is 6.92 Å². The normalized spacial score (nSPS) is 52.6. The zero-order chi connectivity index (χ0) is 19.2. The number of carbonyl (C=O) groups is 2. The van der Waals surface area contributed by atoms with E-state index in [1.807, 2.05) is 0 Å². The average Bonchev–Trinajstić information content (AvgIpc) is 3.28. The maximum absolute atomic E-state index is 12.3. The van der Waals surface area contributed by atoms with Crippen LogP contribution in [0.1, 0.15) is 72.6 Å². The highest BCUT2D eigenvalue weighted by molar-refractivity contribution is 5.89. The van der Waals surface area contributed by atoms with Crippen molar-refractivity contribution in [3.8, 4) is 0 Å². The van der Waals surface area contributed by atoms with Gasteiger partial charge in [-0.2, -0.15) is 0 Å². The van der Waals surface area contributed by atoms with E-state index in [1.165, 1.54) is 25.3 Å². The average molecular weight is 373 g/mol. The number of esters is 1. The lowest BCUT2D eigenvalue weighted by Gasteiger charge is -2.57. The zero-order valence-corrected chi connectivity index (χ0v) is 17.0. The van der Waals surface area contributed by atoms with Gasteiger partial charge in [-0.3, -0.25) is 9.59 Å². The summed E-state index contributed by atoms with van der Waals surface area (Å²) in [6.45, 7) is 8.07.